The van der Waals surface area contributed by atoms with E-state index >= 15 is 0 Å². The molecule has 0 aromatic carbocycles. The fraction of sp³-hybridized carbons (Fsp3) is 0.571. The van der Waals surface area contributed by atoms with Crippen LogP contribution in [0.15, 0.2) is 12.4 Å². The van der Waals surface area contributed by atoms with Crippen LogP contribution in [0.1, 0.15) is 18.9 Å². The topological polar surface area (TPSA) is 29.9 Å². The Morgan fingerprint density at radius 2 is 2.55 bits per heavy atom. The molecule has 0 aliphatic heterocycles. The van der Waals surface area contributed by atoms with Gasteiger partial charge in [0.2, 0.25) is 0 Å². The second-order valence-corrected chi connectivity index (χ2v) is 4.03. The second kappa shape index (κ2) is 2.87. The molecule has 0 radical (unpaired) electrons. The van der Waals surface area contributed by atoms with Crippen LogP contribution in [-0.4, -0.2) is 25.0 Å². The normalized spacial score (nSPS) is 16.8. The molecule has 0 bridgehead atoms. The molecule has 0 saturated heterocycles. The molecular formula is C7H11N3Se. The quantitative estimate of drug-likeness (QED) is 0.772. The van der Waals surface area contributed by atoms with Gasteiger partial charge in [-0.05, 0) is 0 Å². The van der Waals surface area contributed by atoms with E-state index in [4.69, 9.17) is 0 Å². The molecule has 0 unspecified atom stereocenters. The molecule has 1 aliphatic carbocycles. The first kappa shape index (κ1) is 7.19. The van der Waals surface area contributed by atoms with E-state index in [1.807, 2.05) is 6.20 Å². The van der Waals surface area contributed by atoms with Crippen molar-refractivity contribution in [2.75, 3.05) is 4.33 Å². The summed E-state index contributed by atoms with van der Waals surface area (Å²) in [5.41, 5.74) is 1.17. The molecule has 0 spiro atoms. The Labute approximate surface area is 72.5 Å². The molecule has 0 atom stereocenters. The number of nitrogens with one attached hydrogen (secondary N) is 1. The van der Waals surface area contributed by atoms with Crippen LogP contribution in [0.2, 0.25) is 5.82 Å². The third kappa shape index (κ3) is 1.57. The summed E-state index contributed by atoms with van der Waals surface area (Å²) in [4.78, 5) is 0. The van der Waals surface area contributed by atoms with Gasteiger partial charge >= 0.3 is 72.1 Å². The summed E-state index contributed by atoms with van der Waals surface area (Å²) < 4.78 is 5.35. The predicted molar refractivity (Wildman–Crippen MR) is 45.7 cm³/mol. The molecule has 1 heterocycles. The van der Waals surface area contributed by atoms with Crippen molar-refractivity contribution in [3.63, 3.8) is 0 Å². The average molecular weight is 216 g/mol. The standard InChI is InChI=1S/C7H11N3Se/c1-11-9-6-4-8-10(5-6)7-2-3-7/h4-5,7,9H,2-3H2,1H3. The summed E-state index contributed by atoms with van der Waals surface area (Å²) in [6.07, 6.45) is 6.61. The molecule has 2 rings (SSSR count). The first-order valence-electron chi connectivity index (χ1n) is 3.73. The van der Waals surface area contributed by atoms with Crippen molar-refractivity contribution in [2.24, 2.45) is 0 Å². The zero-order valence-corrected chi connectivity index (χ0v) is 8.16. The molecule has 1 aromatic rings. The maximum absolute atomic E-state index is 4.26. The van der Waals surface area contributed by atoms with Crippen LogP contribution in [0.25, 0.3) is 0 Å². The molecule has 1 aliphatic rings. The number of rotatable bonds is 3. The monoisotopic (exact) mass is 217 g/mol. The summed E-state index contributed by atoms with van der Waals surface area (Å²) in [6.45, 7) is 0. The van der Waals surface area contributed by atoms with Gasteiger partial charge in [0.25, 0.3) is 0 Å². The molecule has 0 amide bonds. The van der Waals surface area contributed by atoms with Gasteiger partial charge in [0.1, 0.15) is 0 Å². The number of aromatic nitrogens is 2. The Morgan fingerprint density at radius 3 is 3.18 bits per heavy atom. The van der Waals surface area contributed by atoms with Crippen molar-refractivity contribution in [1.29, 1.82) is 0 Å². The molecular weight excluding hydrogens is 205 g/mol. The van der Waals surface area contributed by atoms with Crippen molar-refractivity contribution >= 4 is 20.9 Å². The zero-order chi connectivity index (χ0) is 7.68. The maximum atomic E-state index is 4.26. The van der Waals surface area contributed by atoms with E-state index in [-0.39, 0.29) is 0 Å². The Kier molecular flexibility index (Phi) is 1.88. The van der Waals surface area contributed by atoms with Crippen LogP contribution in [0.3, 0.4) is 0 Å². The van der Waals surface area contributed by atoms with Crippen molar-refractivity contribution < 1.29 is 0 Å². The van der Waals surface area contributed by atoms with Crippen LogP contribution in [-0.2, 0) is 0 Å². The first-order chi connectivity index (χ1) is 5.40. The van der Waals surface area contributed by atoms with Crippen molar-refractivity contribution in [3.05, 3.63) is 12.4 Å². The third-order valence-corrected chi connectivity index (χ3v) is 2.67. The number of hydrogen-bond donors (Lipinski definition) is 1. The van der Waals surface area contributed by atoms with Crippen LogP contribution in [0.4, 0.5) is 5.69 Å². The van der Waals surface area contributed by atoms with E-state index in [9.17, 15) is 0 Å². The Morgan fingerprint density at radius 1 is 1.73 bits per heavy atom. The molecule has 1 N–H and O–H groups in total. The SMILES string of the molecule is C[Se]Nc1cnn(C2CC2)c1. The molecule has 3 nitrogen and oxygen atoms in total. The van der Waals surface area contributed by atoms with Gasteiger partial charge in [0, 0.05) is 0 Å². The molecule has 60 valence electrons. The van der Waals surface area contributed by atoms with E-state index in [1.165, 1.54) is 18.5 Å². The van der Waals surface area contributed by atoms with Crippen LogP contribution in [0.5, 0.6) is 0 Å². The Bertz CT molecular complexity index is 242. The van der Waals surface area contributed by atoms with Crippen molar-refractivity contribution in [3.8, 4) is 0 Å². The minimum absolute atomic E-state index is 0.497. The third-order valence-electron chi connectivity index (χ3n) is 1.74. The van der Waals surface area contributed by atoms with E-state index in [1.54, 1.807) is 0 Å². The second-order valence-electron chi connectivity index (χ2n) is 2.75. The molecule has 1 aromatic heterocycles. The van der Waals surface area contributed by atoms with Gasteiger partial charge in [-0.3, -0.25) is 0 Å². The summed E-state index contributed by atoms with van der Waals surface area (Å²) in [6, 6.07) is 0.704. The summed E-state index contributed by atoms with van der Waals surface area (Å²) >= 11 is 0.497. The Hall–Kier alpha value is -0.471. The number of anilines is 1. The van der Waals surface area contributed by atoms with Gasteiger partial charge in [-0.15, -0.1) is 0 Å². The summed E-state index contributed by atoms with van der Waals surface area (Å²) in [5, 5.41) is 4.26. The molecule has 4 heteroatoms. The fourth-order valence-electron chi connectivity index (χ4n) is 1.05. The molecule has 1 saturated carbocycles. The number of hydrogen-bond acceptors (Lipinski definition) is 2. The molecule has 11 heavy (non-hydrogen) atoms. The van der Waals surface area contributed by atoms with Gasteiger partial charge in [-0.1, -0.05) is 0 Å². The van der Waals surface area contributed by atoms with Gasteiger partial charge in [0.15, 0.2) is 0 Å². The molecule has 1 fully saturated rings. The van der Waals surface area contributed by atoms with E-state index in [2.05, 4.69) is 26.1 Å². The van der Waals surface area contributed by atoms with Gasteiger partial charge in [0.05, 0.1) is 0 Å². The van der Waals surface area contributed by atoms with Crippen LogP contribution >= 0.6 is 0 Å². The zero-order valence-electron chi connectivity index (χ0n) is 6.45. The summed E-state index contributed by atoms with van der Waals surface area (Å²) in [5.74, 6) is 2.15. The van der Waals surface area contributed by atoms with E-state index < -0.39 is 0 Å². The Balaban J connectivity index is 2.06. The van der Waals surface area contributed by atoms with E-state index in [0.29, 0.717) is 21.2 Å². The average Bonchev–Trinajstić information content (AvgIpc) is 2.75. The first-order valence-corrected chi connectivity index (χ1v) is 6.30. The van der Waals surface area contributed by atoms with Crippen LogP contribution < -0.4 is 4.33 Å². The van der Waals surface area contributed by atoms with Gasteiger partial charge in [-0.25, -0.2) is 0 Å². The predicted octanol–water partition coefficient (Wildman–Crippen LogP) is 1.30. The van der Waals surface area contributed by atoms with E-state index in [0.717, 1.165) is 0 Å². The van der Waals surface area contributed by atoms with Crippen molar-refractivity contribution in [2.45, 2.75) is 24.7 Å². The van der Waals surface area contributed by atoms with Crippen molar-refractivity contribution in [1.82, 2.24) is 9.78 Å². The summed E-state index contributed by atoms with van der Waals surface area (Å²) in [7, 11) is 0. The van der Waals surface area contributed by atoms with Gasteiger partial charge < -0.3 is 0 Å². The minimum atomic E-state index is 0.497. The van der Waals surface area contributed by atoms with Gasteiger partial charge in [-0.2, -0.15) is 0 Å². The van der Waals surface area contributed by atoms with Crippen LogP contribution in [0, 0.1) is 0 Å². The fourth-order valence-corrected chi connectivity index (χ4v) is 1.76. The number of nitrogens with zero attached hydrogens (tertiary/aromatic N) is 2.